The van der Waals surface area contributed by atoms with Gasteiger partial charge in [0, 0.05) is 13.6 Å². The van der Waals surface area contributed by atoms with Crippen LogP contribution >= 0.6 is 0 Å². The molecule has 0 radical (unpaired) electrons. The monoisotopic (exact) mass is 285 g/mol. The molecule has 0 aromatic carbocycles. The van der Waals surface area contributed by atoms with Crippen LogP contribution in [0.4, 0.5) is 11.5 Å². The third kappa shape index (κ3) is 5.46. The van der Waals surface area contributed by atoms with E-state index < -0.39 is 10.0 Å². The van der Waals surface area contributed by atoms with Crippen LogP contribution in [-0.4, -0.2) is 32.7 Å². The summed E-state index contributed by atoms with van der Waals surface area (Å²) in [4.78, 5) is 6.26. The topological polar surface area (TPSA) is 62.3 Å². The molecule has 0 amide bonds. The Balaban J connectivity index is 2.66. The van der Waals surface area contributed by atoms with Crippen molar-refractivity contribution < 1.29 is 8.42 Å². The van der Waals surface area contributed by atoms with E-state index in [1.807, 2.05) is 20.0 Å². The second kappa shape index (κ2) is 7.33. The van der Waals surface area contributed by atoms with Crippen molar-refractivity contribution in [2.75, 3.05) is 29.0 Å². The Bertz CT molecular complexity index is 471. The Morgan fingerprint density at radius 2 is 2.00 bits per heavy atom. The number of pyridine rings is 1. The summed E-state index contributed by atoms with van der Waals surface area (Å²) in [5.74, 6) is 0.494. The summed E-state index contributed by atoms with van der Waals surface area (Å²) in [5, 5.41) is 0. The van der Waals surface area contributed by atoms with Crippen molar-refractivity contribution in [3.8, 4) is 0 Å². The van der Waals surface area contributed by atoms with E-state index in [1.54, 1.807) is 12.3 Å². The van der Waals surface area contributed by atoms with E-state index in [0.717, 1.165) is 25.1 Å². The number of hydrogen-bond acceptors (Lipinski definition) is 4. The molecule has 19 heavy (non-hydrogen) atoms. The molecule has 1 aromatic rings. The molecular formula is C13H23N3O2S. The number of aromatic nitrogens is 1. The maximum Gasteiger partial charge on any atom is 0.233 e. The molecule has 1 N–H and O–H groups in total. The smallest absolute Gasteiger partial charge is 0.233 e. The van der Waals surface area contributed by atoms with Gasteiger partial charge in [-0.05, 0) is 25.0 Å². The lowest BCUT2D eigenvalue weighted by Gasteiger charge is -2.18. The largest absolute Gasteiger partial charge is 0.373 e. The van der Waals surface area contributed by atoms with Gasteiger partial charge in [0.15, 0.2) is 0 Å². The summed E-state index contributed by atoms with van der Waals surface area (Å²) >= 11 is 0. The second-order valence-corrected chi connectivity index (χ2v) is 6.44. The quantitative estimate of drug-likeness (QED) is 0.797. The molecule has 0 spiro atoms. The summed E-state index contributed by atoms with van der Waals surface area (Å²) < 4.78 is 25.7. The summed E-state index contributed by atoms with van der Waals surface area (Å²) in [5.41, 5.74) is 0.992. The molecule has 6 heteroatoms. The van der Waals surface area contributed by atoms with Gasteiger partial charge in [-0.2, -0.15) is 0 Å². The van der Waals surface area contributed by atoms with E-state index in [-0.39, 0.29) is 5.75 Å². The molecule has 1 heterocycles. The van der Waals surface area contributed by atoms with Gasteiger partial charge in [0.2, 0.25) is 10.0 Å². The minimum atomic E-state index is -3.26. The number of nitrogens with one attached hydrogen (secondary N) is 1. The zero-order valence-electron chi connectivity index (χ0n) is 11.9. The highest BCUT2D eigenvalue weighted by atomic mass is 32.2. The first-order chi connectivity index (χ1) is 8.98. The van der Waals surface area contributed by atoms with Crippen molar-refractivity contribution in [3.05, 3.63) is 18.3 Å². The lowest BCUT2D eigenvalue weighted by atomic mass is 10.3. The molecule has 0 bridgehead atoms. The maximum absolute atomic E-state index is 11.6. The van der Waals surface area contributed by atoms with Gasteiger partial charge < -0.3 is 4.90 Å². The van der Waals surface area contributed by atoms with Gasteiger partial charge >= 0.3 is 0 Å². The lowest BCUT2D eigenvalue weighted by Crippen LogP contribution is -2.19. The van der Waals surface area contributed by atoms with Crippen LogP contribution < -0.4 is 9.62 Å². The molecule has 5 nitrogen and oxygen atoms in total. The van der Waals surface area contributed by atoms with E-state index >= 15 is 0 Å². The highest BCUT2D eigenvalue weighted by Gasteiger charge is 2.09. The molecule has 0 aliphatic rings. The molecule has 0 aliphatic carbocycles. The van der Waals surface area contributed by atoms with Crippen molar-refractivity contribution in [3.63, 3.8) is 0 Å². The zero-order valence-corrected chi connectivity index (χ0v) is 12.7. The third-order valence-electron chi connectivity index (χ3n) is 2.77. The Morgan fingerprint density at radius 3 is 2.53 bits per heavy atom. The van der Waals surface area contributed by atoms with Crippen LogP contribution in [0.25, 0.3) is 0 Å². The average molecular weight is 285 g/mol. The fraction of sp³-hybridized carbons (Fsp3) is 0.615. The molecule has 1 rings (SSSR count). The van der Waals surface area contributed by atoms with Crippen molar-refractivity contribution in [1.29, 1.82) is 0 Å². The van der Waals surface area contributed by atoms with E-state index in [0.29, 0.717) is 12.2 Å². The highest BCUT2D eigenvalue weighted by Crippen LogP contribution is 2.15. The van der Waals surface area contributed by atoms with Crippen LogP contribution in [0, 0.1) is 0 Å². The molecule has 1 aromatic heterocycles. The van der Waals surface area contributed by atoms with Crippen LogP contribution in [0.3, 0.4) is 0 Å². The average Bonchev–Trinajstić information content (AvgIpc) is 2.36. The standard InChI is InChI=1S/C13H23N3O2S/c1-4-6-9-16(3)12-7-8-13(14-11-12)15-19(17,18)10-5-2/h7-8,11H,4-6,9-10H2,1-3H3,(H,14,15). The van der Waals surface area contributed by atoms with Gasteiger partial charge in [-0.25, -0.2) is 13.4 Å². The van der Waals surface area contributed by atoms with Crippen LogP contribution in [0.2, 0.25) is 0 Å². The van der Waals surface area contributed by atoms with Crippen molar-refractivity contribution in [2.24, 2.45) is 0 Å². The molecule has 0 aliphatic heterocycles. The van der Waals surface area contributed by atoms with Gasteiger partial charge in [0.1, 0.15) is 5.82 Å². The van der Waals surface area contributed by atoms with Gasteiger partial charge in [-0.3, -0.25) is 4.72 Å². The highest BCUT2D eigenvalue weighted by molar-refractivity contribution is 7.92. The van der Waals surface area contributed by atoms with Gasteiger partial charge in [0.25, 0.3) is 0 Å². The van der Waals surface area contributed by atoms with Crippen molar-refractivity contribution in [1.82, 2.24) is 4.98 Å². The first-order valence-electron chi connectivity index (χ1n) is 6.66. The Labute approximate surface area is 116 Å². The number of hydrogen-bond donors (Lipinski definition) is 1. The molecule has 0 saturated carbocycles. The Morgan fingerprint density at radius 1 is 1.26 bits per heavy atom. The summed E-state index contributed by atoms with van der Waals surface area (Å²) in [6, 6.07) is 3.58. The predicted molar refractivity (Wildman–Crippen MR) is 80.1 cm³/mol. The minimum Gasteiger partial charge on any atom is -0.373 e. The van der Waals surface area contributed by atoms with Crippen LogP contribution in [-0.2, 0) is 10.0 Å². The fourth-order valence-corrected chi connectivity index (χ4v) is 2.75. The first-order valence-corrected chi connectivity index (χ1v) is 8.31. The third-order valence-corrected chi connectivity index (χ3v) is 4.23. The van der Waals surface area contributed by atoms with E-state index in [1.165, 1.54) is 0 Å². The van der Waals surface area contributed by atoms with Crippen LogP contribution in [0.5, 0.6) is 0 Å². The maximum atomic E-state index is 11.6. The van der Waals surface area contributed by atoms with E-state index in [9.17, 15) is 8.42 Å². The van der Waals surface area contributed by atoms with Crippen LogP contribution in [0.15, 0.2) is 18.3 Å². The summed E-state index contributed by atoms with van der Waals surface area (Å²) in [6.45, 7) is 4.95. The van der Waals surface area contributed by atoms with Gasteiger partial charge in [-0.15, -0.1) is 0 Å². The van der Waals surface area contributed by atoms with Crippen molar-refractivity contribution in [2.45, 2.75) is 33.1 Å². The summed E-state index contributed by atoms with van der Waals surface area (Å²) in [6.07, 6.45) is 4.56. The predicted octanol–water partition coefficient (Wildman–Crippen LogP) is 2.47. The van der Waals surface area contributed by atoms with E-state index in [2.05, 4.69) is 21.5 Å². The molecule has 0 saturated heterocycles. The lowest BCUT2D eigenvalue weighted by molar-refractivity contribution is 0.599. The van der Waals surface area contributed by atoms with E-state index in [4.69, 9.17) is 0 Å². The number of anilines is 2. The fourth-order valence-electron chi connectivity index (χ4n) is 1.68. The normalized spacial score (nSPS) is 11.3. The number of unbranched alkanes of at least 4 members (excludes halogenated alkanes) is 1. The number of rotatable bonds is 8. The molecule has 0 fully saturated rings. The number of nitrogens with zero attached hydrogens (tertiary/aromatic N) is 2. The molecule has 0 unspecified atom stereocenters. The molecule has 108 valence electrons. The Kier molecular flexibility index (Phi) is 6.08. The second-order valence-electron chi connectivity index (χ2n) is 4.60. The molecular weight excluding hydrogens is 262 g/mol. The number of sulfonamides is 1. The zero-order chi connectivity index (χ0) is 14.3. The minimum absolute atomic E-state index is 0.118. The summed E-state index contributed by atoms with van der Waals surface area (Å²) in [7, 11) is -1.25. The molecule has 0 atom stereocenters. The first kappa shape index (κ1) is 15.8. The van der Waals surface area contributed by atoms with Gasteiger partial charge in [0.05, 0.1) is 17.6 Å². The Hall–Kier alpha value is -1.30. The van der Waals surface area contributed by atoms with Crippen LogP contribution in [0.1, 0.15) is 33.1 Å². The SMILES string of the molecule is CCCCN(C)c1ccc(NS(=O)(=O)CCC)nc1. The van der Waals surface area contributed by atoms with Crippen molar-refractivity contribution >= 4 is 21.5 Å². The van der Waals surface area contributed by atoms with Gasteiger partial charge in [-0.1, -0.05) is 20.3 Å².